The smallest absolute Gasteiger partial charge is 0.251 e. The first kappa shape index (κ1) is 21.5. The number of carbonyl (C=O) groups excluding carboxylic acids is 1. The number of hydrogen-bond acceptors (Lipinski definition) is 5. The van der Waals surface area contributed by atoms with Crippen LogP contribution < -0.4 is 10.0 Å². The highest BCUT2D eigenvalue weighted by Crippen LogP contribution is 2.18. The molecule has 2 aromatic rings. The summed E-state index contributed by atoms with van der Waals surface area (Å²) in [5.74, 6) is 0.299. The van der Waals surface area contributed by atoms with E-state index >= 15 is 0 Å². The number of nitrogens with zero attached hydrogens (tertiary/aromatic N) is 1. The molecule has 0 aliphatic carbocycles. The maximum atomic E-state index is 12.8. The van der Waals surface area contributed by atoms with E-state index in [1.165, 1.54) is 18.4 Å². The molecule has 8 heteroatoms. The third-order valence-corrected chi connectivity index (χ3v) is 6.64. The third kappa shape index (κ3) is 5.68. The Labute approximate surface area is 172 Å². The molecule has 1 amide bonds. The van der Waals surface area contributed by atoms with E-state index in [2.05, 4.69) is 21.9 Å². The minimum absolute atomic E-state index is 0.0566. The summed E-state index contributed by atoms with van der Waals surface area (Å²) >= 11 is 0. The van der Waals surface area contributed by atoms with Gasteiger partial charge in [0.1, 0.15) is 5.76 Å². The molecule has 1 aliphatic rings. The first-order valence-electron chi connectivity index (χ1n) is 10.0. The summed E-state index contributed by atoms with van der Waals surface area (Å²) in [4.78, 5) is 15.3. The van der Waals surface area contributed by atoms with Crippen LogP contribution in [0.4, 0.5) is 0 Å². The largest absolute Gasteiger partial charge is 0.468 e. The minimum atomic E-state index is -3.75. The van der Waals surface area contributed by atoms with Crippen molar-refractivity contribution >= 4 is 15.9 Å². The summed E-state index contributed by atoms with van der Waals surface area (Å²) in [6.07, 6.45) is 4.44. The van der Waals surface area contributed by atoms with Crippen LogP contribution in [0, 0.1) is 6.92 Å². The Kier molecular flexibility index (Phi) is 7.10. The zero-order valence-electron chi connectivity index (χ0n) is 17.0. The molecule has 158 valence electrons. The van der Waals surface area contributed by atoms with Crippen molar-refractivity contribution in [2.75, 3.05) is 19.6 Å². The van der Waals surface area contributed by atoms with Crippen molar-refractivity contribution in [2.24, 2.45) is 0 Å². The summed E-state index contributed by atoms with van der Waals surface area (Å²) < 4.78 is 32.9. The van der Waals surface area contributed by atoms with Crippen molar-refractivity contribution in [2.45, 2.75) is 50.6 Å². The molecule has 0 atom stereocenters. The number of carbonyl (C=O) groups is 1. The lowest BCUT2D eigenvalue weighted by atomic mass is 10.0. The standard InChI is InChI=1S/C21H29N3O4S/c1-3-10-24-11-8-17(9-12-24)23-21(25)20-14-19(7-6-16(20)2)29(26,27)22-15-18-5-4-13-28-18/h4-7,13-14,17,22H,3,8-12,15H2,1-2H3,(H,23,25). The van der Waals surface area contributed by atoms with Crippen LogP contribution in [0.15, 0.2) is 45.9 Å². The molecule has 1 saturated heterocycles. The molecule has 1 aromatic carbocycles. The summed E-state index contributed by atoms with van der Waals surface area (Å²) in [5, 5.41) is 3.08. The van der Waals surface area contributed by atoms with Gasteiger partial charge in [-0.2, -0.15) is 0 Å². The van der Waals surface area contributed by atoms with Gasteiger partial charge in [0.15, 0.2) is 0 Å². The van der Waals surface area contributed by atoms with Gasteiger partial charge in [0.05, 0.1) is 17.7 Å². The van der Waals surface area contributed by atoms with Crippen LogP contribution in [-0.4, -0.2) is 44.9 Å². The van der Waals surface area contributed by atoms with Crippen molar-refractivity contribution in [3.8, 4) is 0 Å². The molecular formula is C21H29N3O4S. The van der Waals surface area contributed by atoms with Gasteiger partial charge >= 0.3 is 0 Å². The molecule has 1 fully saturated rings. The van der Waals surface area contributed by atoms with E-state index in [1.807, 2.05) is 6.92 Å². The predicted molar refractivity (Wildman–Crippen MR) is 111 cm³/mol. The fourth-order valence-corrected chi connectivity index (χ4v) is 4.57. The van der Waals surface area contributed by atoms with Crippen LogP contribution in [0.25, 0.3) is 0 Å². The maximum absolute atomic E-state index is 12.8. The molecule has 0 saturated carbocycles. The molecule has 29 heavy (non-hydrogen) atoms. The zero-order chi connectivity index (χ0) is 20.9. The highest BCUT2D eigenvalue weighted by Gasteiger charge is 2.23. The summed E-state index contributed by atoms with van der Waals surface area (Å²) in [6.45, 7) is 7.07. The number of hydrogen-bond donors (Lipinski definition) is 2. The molecule has 0 bridgehead atoms. The summed E-state index contributed by atoms with van der Waals surface area (Å²) in [7, 11) is -3.75. The molecule has 0 radical (unpaired) electrons. The molecule has 2 heterocycles. The van der Waals surface area contributed by atoms with E-state index < -0.39 is 10.0 Å². The second-order valence-electron chi connectivity index (χ2n) is 7.47. The minimum Gasteiger partial charge on any atom is -0.468 e. The van der Waals surface area contributed by atoms with E-state index in [9.17, 15) is 13.2 Å². The van der Waals surface area contributed by atoms with Crippen LogP contribution in [0.3, 0.4) is 0 Å². The van der Waals surface area contributed by atoms with Crippen molar-refractivity contribution in [3.05, 3.63) is 53.5 Å². The number of amides is 1. The van der Waals surface area contributed by atoms with Crippen molar-refractivity contribution in [1.82, 2.24) is 14.9 Å². The third-order valence-electron chi connectivity index (χ3n) is 5.24. The Hall–Kier alpha value is -2.16. The molecule has 1 aliphatic heterocycles. The molecule has 2 N–H and O–H groups in total. The fraction of sp³-hybridized carbons (Fsp3) is 0.476. The number of rotatable bonds is 8. The second-order valence-corrected chi connectivity index (χ2v) is 9.24. The zero-order valence-corrected chi connectivity index (χ0v) is 17.8. The maximum Gasteiger partial charge on any atom is 0.251 e. The van der Waals surface area contributed by atoms with E-state index in [4.69, 9.17) is 4.42 Å². The van der Waals surface area contributed by atoms with Gasteiger partial charge in [-0.1, -0.05) is 13.0 Å². The number of furan rings is 1. The lowest BCUT2D eigenvalue weighted by Crippen LogP contribution is -2.44. The van der Waals surface area contributed by atoms with Crippen molar-refractivity contribution in [3.63, 3.8) is 0 Å². The van der Waals surface area contributed by atoms with Gasteiger partial charge < -0.3 is 14.6 Å². The Morgan fingerprint density at radius 3 is 2.66 bits per heavy atom. The lowest BCUT2D eigenvalue weighted by Gasteiger charge is -2.32. The lowest BCUT2D eigenvalue weighted by molar-refractivity contribution is 0.0910. The van der Waals surface area contributed by atoms with Crippen molar-refractivity contribution in [1.29, 1.82) is 0 Å². The fourth-order valence-electron chi connectivity index (χ4n) is 3.56. The number of aryl methyl sites for hydroxylation is 1. The van der Waals surface area contributed by atoms with Gasteiger partial charge in [-0.3, -0.25) is 4.79 Å². The number of benzene rings is 1. The SMILES string of the molecule is CCCN1CCC(NC(=O)c2cc(S(=O)(=O)NCc3ccco3)ccc2C)CC1. The van der Waals surface area contributed by atoms with Crippen LogP contribution >= 0.6 is 0 Å². The van der Waals surface area contributed by atoms with Crippen LogP contribution in [0.1, 0.15) is 47.9 Å². The monoisotopic (exact) mass is 419 g/mol. The number of sulfonamides is 1. The van der Waals surface area contributed by atoms with Gasteiger partial charge in [0, 0.05) is 24.7 Å². The average molecular weight is 420 g/mol. The Bertz CT molecular complexity index is 917. The van der Waals surface area contributed by atoms with E-state index in [1.54, 1.807) is 18.2 Å². The molecule has 0 unspecified atom stereocenters. The van der Waals surface area contributed by atoms with Crippen LogP contribution in [0.2, 0.25) is 0 Å². The highest BCUT2D eigenvalue weighted by atomic mass is 32.2. The van der Waals surface area contributed by atoms with E-state index in [0.717, 1.165) is 44.5 Å². The van der Waals surface area contributed by atoms with Crippen LogP contribution in [0.5, 0.6) is 0 Å². The van der Waals surface area contributed by atoms with Gasteiger partial charge in [-0.05, 0) is 62.6 Å². The average Bonchev–Trinajstić information content (AvgIpc) is 3.22. The molecular weight excluding hydrogens is 390 g/mol. The molecule has 0 spiro atoms. The topological polar surface area (TPSA) is 91.7 Å². The molecule has 1 aromatic heterocycles. The summed E-state index contributed by atoms with van der Waals surface area (Å²) in [5.41, 5.74) is 1.14. The van der Waals surface area contributed by atoms with Crippen molar-refractivity contribution < 1.29 is 17.6 Å². The summed E-state index contributed by atoms with van der Waals surface area (Å²) in [6, 6.07) is 8.14. The van der Waals surface area contributed by atoms with Gasteiger partial charge in [0.2, 0.25) is 10.0 Å². The van der Waals surface area contributed by atoms with Gasteiger partial charge in [-0.25, -0.2) is 13.1 Å². The predicted octanol–water partition coefficient (Wildman–Crippen LogP) is 2.67. The van der Waals surface area contributed by atoms with Gasteiger partial charge in [-0.15, -0.1) is 0 Å². The molecule has 3 rings (SSSR count). The molecule has 7 nitrogen and oxygen atoms in total. The Morgan fingerprint density at radius 1 is 1.24 bits per heavy atom. The van der Waals surface area contributed by atoms with E-state index in [-0.39, 0.29) is 23.4 Å². The number of likely N-dealkylation sites (tertiary alicyclic amines) is 1. The second kappa shape index (κ2) is 9.56. The Morgan fingerprint density at radius 2 is 2.00 bits per heavy atom. The normalized spacial score (nSPS) is 16.1. The first-order chi connectivity index (χ1) is 13.9. The number of piperidine rings is 1. The van der Waals surface area contributed by atoms with Gasteiger partial charge in [0.25, 0.3) is 5.91 Å². The first-order valence-corrected chi connectivity index (χ1v) is 11.5. The quantitative estimate of drug-likeness (QED) is 0.686. The van der Waals surface area contributed by atoms with Crippen LogP contribution in [-0.2, 0) is 16.6 Å². The van der Waals surface area contributed by atoms with E-state index in [0.29, 0.717) is 11.3 Å². The highest BCUT2D eigenvalue weighted by molar-refractivity contribution is 7.89. The number of nitrogens with one attached hydrogen (secondary N) is 2. The Balaban J connectivity index is 1.66.